The van der Waals surface area contributed by atoms with Gasteiger partial charge in [0.1, 0.15) is 0 Å². The summed E-state index contributed by atoms with van der Waals surface area (Å²) in [4.78, 5) is 0. The van der Waals surface area contributed by atoms with E-state index >= 15 is 0 Å². The maximum Gasteiger partial charge on any atom is 0.0289 e. The van der Waals surface area contributed by atoms with Crippen LogP contribution in [0.25, 0.3) is 33.4 Å². The van der Waals surface area contributed by atoms with Crippen LogP contribution in [0, 0.1) is 13.8 Å². The first-order valence-corrected chi connectivity index (χ1v) is 12.4. The summed E-state index contributed by atoms with van der Waals surface area (Å²) >= 11 is 7.39. The number of hydrogen-bond acceptors (Lipinski definition) is 0. The maximum absolute atomic E-state index is 3.69. The van der Waals surface area contributed by atoms with Crippen LogP contribution in [0.3, 0.4) is 0 Å². The summed E-state index contributed by atoms with van der Waals surface area (Å²) in [5.74, 6) is 0. The number of halogens is 2. The Morgan fingerprint density at radius 2 is 0.967 bits per heavy atom. The van der Waals surface area contributed by atoms with Crippen molar-refractivity contribution in [3.05, 3.63) is 107 Å². The van der Waals surface area contributed by atoms with Crippen molar-refractivity contribution in [3.8, 4) is 33.4 Å². The van der Waals surface area contributed by atoms with E-state index in [4.69, 9.17) is 0 Å². The fourth-order valence-corrected chi connectivity index (χ4v) is 5.15. The first-order valence-electron chi connectivity index (χ1n) is 10.1. The van der Waals surface area contributed by atoms with Crippen molar-refractivity contribution in [1.29, 1.82) is 0 Å². The zero-order chi connectivity index (χ0) is 21.1. The molecule has 0 saturated heterocycles. The molecule has 150 valence electrons. The van der Waals surface area contributed by atoms with Crippen LogP contribution >= 0.6 is 31.9 Å². The largest absolute Gasteiger partial charge is 0.0876 e. The Morgan fingerprint density at radius 3 is 1.43 bits per heavy atom. The molecule has 0 aliphatic heterocycles. The molecule has 2 heteroatoms. The summed E-state index contributed by atoms with van der Waals surface area (Å²) in [5, 5.41) is 1.68. The molecule has 0 N–H and O–H groups in total. The molecule has 0 spiro atoms. The Labute approximate surface area is 196 Å². The standard InChI is InChI=1S/C28H24Br2/c1-19-8-6-12-22(17-29)27(19)25-14-24(21-10-4-3-5-11-21)15-26(16-25)28-20(2)9-7-13-23(28)18-30/h3-16H,17-18H2,1-2H3. The average Bonchev–Trinajstić information content (AvgIpc) is 2.78. The molecule has 0 heterocycles. The predicted octanol–water partition coefficient (Wildman–Crippen LogP) is 9.09. The second-order valence-corrected chi connectivity index (χ2v) is 8.77. The van der Waals surface area contributed by atoms with Crippen LogP contribution in [0.1, 0.15) is 22.3 Å². The monoisotopic (exact) mass is 518 g/mol. The third-order valence-corrected chi connectivity index (χ3v) is 6.83. The average molecular weight is 520 g/mol. The van der Waals surface area contributed by atoms with Gasteiger partial charge in [-0.15, -0.1) is 0 Å². The zero-order valence-corrected chi connectivity index (χ0v) is 20.4. The van der Waals surface area contributed by atoms with E-state index in [1.165, 1.54) is 55.6 Å². The molecule has 30 heavy (non-hydrogen) atoms. The molecule has 0 saturated carbocycles. The van der Waals surface area contributed by atoms with Crippen LogP contribution < -0.4 is 0 Å². The van der Waals surface area contributed by atoms with Crippen LogP contribution in [0.4, 0.5) is 0 Å². The van der Waals surface area contributed by atoms with Gasteiger partial charge in [0.2, 0.25) is 0 Å². The van der Waals surface area contributed by atoms with Crippen LogP contribution in [0.5, 0.6) is 0 Å². The number of alkyl halides is 2. The van der Waals surface area contributed by atoms with Crippen molar-refractivity contribution in [2.45, 2.75) is 24.5 Å². The summed E-state index contributed by atoms with van der Waals surface area (Å²) in [6.07, 6.45) is 0. The third kappa shape index (κ3) is 4.17. The lowest BCUT2D eigenvalue weighted by atomic mass is 9.87. The fraction of sp³-hybridized carbons (Fsp3) is 0.143. The van der Waals surface area contributed by atoms with Crippen molar-refractivity contribution in [2.75, 3.05) is 0 Å². The third-order valence-electron chi connectivity index (χ3n) is 5.62. The minimum absolute atomic E-state index is 0.839. The van der Waals surface area contributed by atoms with Crippen molar-refractivity contribution >= 4 is 31.9 Å². The van der Waals surface area contributed by atoms with Crippen LogP contribution in [0.15, 0.2) is 84.9 Å². The van der Waals surface area contributed by atoms with Gasteiger partial charge < -0.3 is 0 Å². The summed E-state index contributed by atoms with van der Waals surface area (Å²) in [6.45, 7) is 4.40. The highest BCUT2D eigenvalue weighted by molar-refractivity contribution is 9.08. The van der Waals surface area contributed by atoms with Gasteiger partial charge in [-0.1, -0.05) is 98.6 Å². The molecule has 0 nitrogen and oxygen atoms in total. The summed E-state index contributed by atoms with van der Waals surface area (Å²) < 4.78 is 0. The summed E-state index contributed by atoms with van der Waals surface area (Å²) in [7, 11) is 0. The number of rotatable bonds is 5. The first kappa shape index (κ1) is 21.1. The van der Waals surface area contributed by atoms with Gasteiger partial charge in [0, 0.05) is 10.7 Å². The van der Waals surface area contributed by atoms with E-state index in [9.17, 15) is 0 Å². The molecule has 4 aromatic rings. The first-order chi connectivity index (χ1) is 14.6. The fourth-order valence-electron chi connectivity index (χ4n) is 4.22. The molecular formula is C28H24Br2. The lowest BCUT2D eigenvalue weighted by molar-refractivity contribution is 1.35. The van der Waals surface area contributed by atoms with E-state index in [1.807, 2.05) is 0 Å². The van der Waals surface area contributed by atoms with E-state index in [-0.39, 0.29) is 0 Å². The van der Waals surface area contributed by atoms with Crippen LogP contribution in [-0.2, 0) is 10.7 Å². The molecule has 0 aliphatic rings. The van der Waals surface area contributed by atoms with Gasteiger partial charge in [0.15, 0.2) is 0 Å². The minimum Gasteiger partial charge on any atom is -0.0876 e. The van der Waals surface area contributed by atoms with E-state index in [0.29, 0.717) is 0 Å². The molecule has 0 bridgehead atoms. The van der Waals surface area contributed by atoms with E-state index in [2.05, 4.69) is 131 Å². The van der Waals surface area contributed by atoms with Crippen LogP contribution in [-0.4, -0.2) is 0 Å². The molecule has 0 fully saturated rings. The number of benzene rings is 4. The smallest absolute Gasteiger partial charge is 0.0289 e. The number of hydrogen-bond donors (Lipinski definition) is 0. The Balaban J connectivity index is 2.03. The molecular weight excluding hydrogens is 496 g/mol. The molecule has 4 aromatic carbocycles. The van der Waals surface area contributed by atoms with Gasteiger partial charge in [0.25, 0.3) is 0 Å². The van der Waals surface area contributed by atoms with Gasteiger partial charge in [0.05, 0.1) is 0 Å². The van der Waals surface area contributed by atoms with Crippen molar-refractivity contribution in [3.63, 3.8) is 0 Å². The molecule has 0 aromatic heterocycles. The summed E-state index contributed by atoms with van der Waals surface area (Å²) in [6, 6.07) is 30.8. The Morgan fingerprint density at radius 1 is 0.500 bits per heavy atom. The normalized spacial score (nSPS) is 10.9. The van der Waals surface area contributed by atoms with Crippen LogP contribution in [0.2, 0.25) is 0 Å². The van der Waals surface area contributed by atoms with Crippen molar-refractivity contribution in [2.24, 2.45) is 0 Å². The molecule has 0 aliphatic carbocycles. The van der Waals surface area contributed by atoms with Crippen molar-refractivity contribution in [1.82, 2.24) is 0 Å². The minimum atomic E-state index is 0.839. The lowest BCUT2D eigenvalue weighted by Gasteiger charge is -2.18. The van der Waals surface area contributed by atoms with Gasteiger partial charge >= 0.3 is 0 Å². The molecule has 4 rings (SSSR count). The SMILES string of the molecule is Cc1cccc(CBr)c1-c1cc(-c2ccccc2)cc(-c2c(C)cccc2CBr)c1. The Hall–Kier alpha value is -2.16. The van der Waals surface area contributed by atoms with Crippen molar-refractivity contribution < 1.29 is 0 Å². The maximum atomic E-state index is 3.69. The van der Waals surface area contributed by atoms with Gasteiger partial charge in [-0.05, 0) is 87.7 Å². The molecule has 0 radical (unpaired) electrons. The zero-order valence-electron chi connectivity index (χ0n) is 17.3. The second kappa shape index (κ2) is 9.32. The topological polar surface area (TPSA) is 0 Å². The summed E-state index contributed by atoms with van der Waals surface area (Å²) in [5.41, 5.74) is 12.9. The lowest BCUT2D eigenvalue weighted by Crippen LogP contribution is -1.95. The predicted molar refractivity (Wildman–Crippen MR) is 137 cm³/mol. The number of aryl methyl sites for hydroxylation is 2. The molecule has 0 amide bonds. The highest BCUT2D eigenvalue weighted by atomic mass is 79.9. The Bertz CT molecular complexity index is 1100. The van der Waals surface area contributed by atoms with Gasteiger partial charge in [-0.25, -0.2) is 0 Å². The van der Waals surface area contributed by atoms with E-state index in [0.717, 1.165) is 10.7 Å². The van der Waals surface area contributed by atoms with Gasteiger partial charge in [-0.3, -0.25) is 0 Å². The van der Waals surface area contributed by atoms with E-state index < -0.39 is 0 Å². The second-order valence-electron chi connectivity index (χ2n) is 7.65. The molecule has 0 unspecified atom stereocenters. The Kier molecular flexibility index (Phi) is 6.55. The highest BCUT2D eigenvalue weighted by Gasteiger charge is 2.14. The molecule has 0 atom stereocenters. The quantitative estimate of drug-likeness (QED) is 0.230. The highest BCUT2D eigenvalue weighted by Crippen LogP contribution is 2.38. The van der Waals surface area contributed by atoms with Gasteiger partial charge in [-0.2, -0.15) is 0 Å². The van der Waals surface area contributed by atoms with E-state index in [1.54, 1.807) is 0 Å².